The second kappa shape index (κ2) is 9.16. The zero-order valence-electron chi connectivity index (χ0n) is 16.7. The zero-order valence-corrected chi connectivity index (χ0v) is 16.7. The molecule has 1 aromatic rings. The van der Waals surface area contributed by atoms with E-state index in [1.54, 1.807) is 49.9 Å². The van der Waals surface area contributed by atoms with Crippen LogP contribution >= 0.6 is 0 Å². The van der Waals surface area contributed by atoms with E-state index in [2.05, 4.69) is 5.32 Å². The molecule has 0 saturated heterocycles. The smallest absolute Gasteiger partial charge is 0.372 e. The van der Waals surface area contributed by atoms with Crippen LogP contribution in [0, 0.1) is 0 Å². The fourth-order valence-electron chi connectivity index (χ4n) is 3.26. The van der Waals surface area contributed by atoms with Gasteiger partial charge in [0.15, 0.2) is 12.4 Å². The number of nitrogens with zero attached hydrogens (tertiary/aromatic N) is 1. The van der Waals surface area contributed by atoms with Crippen molar-refractivity contribution in [2.24, 2.45) is 0 Å². The Kier molecular flexibility index (Phi) is 6.92. The number of hydrogen-bond acceptors (Lipinski definition) is 7. The number of pyridine rings is 1. The fraction of sp³-hybridized carbons (Fsp3) is 0.400. The second-order valence-electron chi connectivity index (χ2n) is 6.23. The molecular formula is C20H25N2O6+. The lowest BCUT2D eigenvalue weighted by Crippen LogP contribution is -2.39. The lowest BCUT2D eigenvalue weighted by Gasteiger charge is -2.29. The van der Waals surface area contributed by atoms with Gasteiger partial charge < -0.3 is 19.5 Å². The first kappa shape index (κ1) is 21.1. The number of nitrogens with one attached hydrogen (secondary N) is 1. The fourth-order valence-corrected chi connectivity index (χ4v) is 3.26. The van der Waals surface area contributed by atoms with Crippen molar-refractivity contribution in [2.75, 3.05) is 20.8 Å². The van der Waals surface area contributed by atoms with Crippen LogP contribution in [0.15, 0.2) is 47.1 Å². The summed E-state index contributed by atoms with van der Waals surface area (Å²) in [5.74, 6) is -2.18. The summed E-state index contributed by atoms with van der Waals surface area (Å²) >= 11 is 0. The Hall–Kier alpha value is -3.16. The van der Waals surface area contributed by atoms with Crippen LogP contribution in [-0.4, -0.2) is 38.7 Å². The van der Waals surface area contributed by atoms with E-state index < -0.39 is 17.9 Å². The van der Waals surface area contributed by atoms with Gasteiger partial charge >= 0.3 is 17.9 Å². The van der Waals surface area contributed by atoms with E-state index in [-0.39, 0.29) is 19.1 Å². The number of ether oxygens (including phenoxy) is 3. The van der Waals surface area contributed by atoms with Crippen molar-refractivity contribution in [3.63, 3.8) is 0 Å². The molecule has 1 N–H and O–H groups in total. The number of carbonyl (C=O) groups is 3. The predicted molar refractivity (Wildman–Crippen MR) is 98.6 cm³/mol. The van der Waals surface area contributed by atoms with Gasteiger partial charge in [-0.3, -0.25) is 0 Å². The Morgan fingerprint density at radius 1 is 1.07 bits per heavy atom. The molecule has 8 heteroatoms. The van der Waals surface area contributed by atoms with Crippen molar-refractivity contribution < 1.29 is 33.2 Å². The molecule has 28 heavy (non-hydrogen) atoms. The molecule has 0 spiro atoms. The van der Waals surface area contributed by atoms with Crippen molar-refractivity contribution in [3.05, 3.63) is 52.6 Å². The lowest BCUT2D eigenvalue weighted by atomic mass is 9.81. The first-order valence-electron chi connectivity index (χ1n) is 8.83. The third-order valence-electron chi connectivity index (χ3n) is 4.40. The van der Waals surface area contributed by atoms with E-state index in [0.717, 1.165) is 0 Å². The maximum Gasteiger partial charge on any atom is 0.372 e. The summed E-state index contributed by atoms with van der Waals surface area (Å²) in [4.78, 5) is 36.8. The molecule has 1 aliphatic heterocycles. The molecule has 0 bridgehead atoms. The highest BCUT2D eigenvalue weighted by Crippen LogP contribution is 2.38. The van der Waals surface area contributed by atoms with Gasteiger partial charge in [-0.05, 0) is 26.8 Å². The monoisotopic (exact) mass is 389 g/mol. The Bertz CT molecular complexity index is 818. The minimum absolute atomic E-state index is 0.0131. The molecule has 0 atom stereocenters. The standard InChI is InChI=1S/C20H24N2O6/c1-6-28-15(23)11-22-9-7-8-14(10-22)18-16(19(24)26-4)12(2)21-13(3)17(18)20(25)27-5/h7-10,18H,6,11H2,1-5H3/p+1. The van der Waals surface area contributed by atoms with Crippen LogP contribution in [-0.2, 0) is 35.1 Å². The minimum atomic E-state index is -0.698. The van der Waals surface area contributed by atoms with E-state index in [0.29, 0.717) is 28.1 Å². The highest BCUT2D eigenvalue weighted by molar-refractivity contribution is 5.99. The molecule has 150 valence electrons. The quantitative estimate of drug-likeness (QED) is 0.443. The Labute approximate surface area is 163 Å². The summed E-state index contributed by atoms with van der Waals surface area (Å²) in [6.45, 7) is 5.52. The highest BCUT2D eigenvalue weighted by atomic mass is 16.5. The van der Waals surface area contributed by atoms with Gasteiger partial charge in [-0.25, -0.2) is 14.4 Å². The van der Waals surface area contributed by atoms with Crippen LogP contribution in [0.1, 0.15) is 32.3 Å². The van der Waals surface area contributed by atoms with Crippen molar-refractivity contribution in [2.45, 2.75) is 33.2 Å². The molecule has 1 aliphatic rings. The first-order chi connectivity index (χ1) is 13.3. The van der Waals surface area contributed by atoms with Gasteiger partial charge in [0.05, 0.1) is 37.9 Å². The third-order valence-corrected chi connectivity index (χ3v) is 4.40. The Morgan fingerprint density at radius 2 is 1.64 bits per heavy atom. The molecule has 2 rings (SSSR count). The molecule has 0 amide bonds. The van der Waals surface area contributed by atoms with Gasteiger partial charge in [0.2, 0.25) is 6.54 Å². The molecule has 2 heterocycles. The topological polar surface area (TPSA) is 94.8 Å². The maximum atomic E-state index is 12.5. The summed E-state index contributed by atoms with van der Waals surface area (Å²) < 4.78 is 16.5. The van der Waals surface area contributed by atoms with Crippen LogP contribution < -0.4 is 9.88 Å². The summed E-state index contributed by atoms with van der Waals surface area (Å²) in [5.41, 5.74) is 2.43. The normalized spacial score (nSPS) is 14.5. The molecular weight excluding hydrogens is 364 g/mol. The van der Waals surface area contributed by atoms with Crippen molar-refractivity contribution in [3.8, 4) is 0 Å². The number of rotatable bonds is 6. The molecule has 8 nitrogen and oxygen atoms in total. The van der Waals surface area contributed by atoms with Crippen molar-refractivity contribution in [1.82, 2.24) is 5.32 Å². The summed E-state index contributed by atoms with van der Waals surface area (Å²) in [6, 6.07) is 3.52. The molecule has 0 saturated carbocycles. The number of esters is 3. The van der Waals surface area contributed by atoms with E-state index in [4.69, 9.17) is 14.2 Å². The van der Waals surface area contributed by atoms with Crippen LogP contribution in [0.25, 0.3) is 0 Å². The first-order valence-corrected chi connectivity index (χ1v) is 8.83. The average Bonchev–Trinajstić information content (AvgIpc) is 2.66. The SMILES string of the molecule is CCOC(=O)C[n+]1cccc(C2C(C(=O)OC)=C(C)NC(C)=C2C(=O)OC)c1. The van der Waals surface area contributed by atoms with Gasteiger partial charge in [0.25, 0.3) is 0 Å². The Morgan fingerprint density at radius 3 is 2.14 bits per heavy atom. The average molecular weight is 389 g/mol. The molecule has 0 unspecified atom stereocenters. The minimum Gasteiger partial charge on any atom is -0.466 e. The maximum absolute atomic E-state index is 12.5. The summed E-state index contributed by atoms with van der Waals surface area (Å²) in [6.07, 6.45) is 3.42. The number of carbonyl (C=O) groups excluding carboxylic acids is 3. The number of dihydropyridines is 1. The van der Waals surface area contributed by atoms with Crippen LogP contribution in [0.4, 0.5) is 0 Å². The number of hydrogen-bond donors (Lipinski definition) is 1. The molecule has 1 aromatic heterocycles. The Balaban J connectivity index is 2.58. The van der Waals surface area contributed by atoms with Crippen molar-refractivity contribution in [1.29, 1.82) is 0 Å². The highest BCUT2D eigenvalue weighted by Gasteiger charge is 2.38. The van der Waals surface area contributed by atoms with E-state index in [9.17, 15) is 14.4 Å². The zero-order chi connectivity index (χ0) is 20.8. The van der Waals surface area contributed by atoms with Crippen LogP contribution in [0.5, 0.6) is 0 Å². The molecule has 0 fully saturated rings. The third kappa shape index (κ3) is 4.39. The van der Waals surface area contributed by atoms with Gasteiger partial charge in [-0.15, -0.1) is 0 Å². The number of aromatic nitrogens is 1. The van der Waals surface area contributed by atoms with Gasteiger partial charge in [0.1, 0.15) is 0 Å². The van der Waals surface area contributed by atoms with Crippen LogP contribution in [0.3, 0.4) is 0 Å². The second-order valence-corrected chi connectivity index (χ2v) is 6.23. The molecule has 0 aromatic carbocycles. The van der Waals surface area contributed by atoms with Gasteiger partial charge in [-0.2, -0.15) is 4.57 Å². The van der Waals surface area contributed by atoms with Gasteiger partial charge in [-0.1, -0.05) is 0 Å². The van der Waals surface area contributed by atoms with E-state index in [1.807, 2.05) is 0 Å². The number of methoxy groups -OCH3 is 2. The summed E-state index contributed by atoms with van der Waals surface area (Å²) in [5, 5.41) is 3.05. The predicted octanol–water partition coefficient (Wildman–Crippen LogP) is 1.12. The number of allylic oxidation sites excluding steroid dienone is 2. The molecule has 0 radical (unpaired) electrons. The largest absolute Gasteiger partial charge is 0.466 e. The van der Waals surface area contributed by atoms with Crippen molar-refractivity contribution >= 4 is 17.9 Å². The lowest BCUT2D eigenvalue weighted by molar-refractivity contribution is -0.686. The van der Waals surface area contributed by atoms with Gasteiger partial charge in [0, 0.05) is 23.0 Å². The van der Waals surface area contributed by atoms with E-state index in [1.165, 1.54) is 14.2 Å². The molecule has 0 aliphatic carbocycles. The van der Waals surface area contributed by atoms with Crippen LogP contribution in [0.2, 0.25) is 0 Å². The van der Waals surface area contributed by atoms with E-state index >= 15 is 0 Å². The summed E-state index contributed by atoms with van der Waals surface area (Å²) in [7, 11) is 2.57.